The minimum atomic E-state index is -5.06. The second kappa shape index (κ2) is 22.5. The molecule has 0 heterocycles. The molecule has 0 aliphatic heterocycles. The number of phenolic OH excluding ortho intramolecular Hbond substituents is 1. The van der Waals surface area contributed by atoms with Crippen LogP contribution < -0.4 is 14.8 Å². The molecule has 0 aliphatic rings. The molecule has 0 saturated heterocycles. The molecule has 0 amide bonds. The lowest BCUT2D eigenvalue weighted by atomic mass is 10.1. The molecule has 7 rings (SSSR count). The first-order chi connectivity index (χ1) is 35.7. The lowest BCUT2D eigenvalue weighted by molar-refractivity contribution is 0.317. The molecule has 0 fully saturated rings. The van der Waals surface area contributed by atoms with Gasteiger partial charge in [0.1, 0.15) is 38.4 Å². The number of ether oxygens (including phenoxy) is 2. The maximum Gasteiger partial charge on any atom is 0.296 e. The van der Waals surface area contributed by atoms with E-state index in [9.17, 15) is 57.0 Å². The summed E-state index contributed by atoms with van der Waals surface area (Å²) in [6.07, 6.45) is -0.132. The van der Waals surface area contributed by atoms with E-state index in [-0.39, 0.29) is 35.5 Å². The summed E-state index contributed by atoms with van der Waals surface area (Å²) in [4.78, 5) is -2.44. The molecular weight excluding hydrogens is 1070 g/mol. The second-order valence-corrected chi connectivity index (χ2v) is 22.5. The number of hydrogen-bond acceptors (Lipinski definition) is 20. The second-order valence-electron chi connectivity index (χ2n) is 16.7. The minimum Gasteiger partial charge on any atom is -0.505 e. The zero-order valence-corrected chi connectivity index (χ0v) is 43.8. The van der Waals surface area contributed by atoms with E-state index in [1.54, 1.807) is 108 Å². The van der Waals surface area contributed by atoms with Crippen LogP contribution in [0.1, 0.15) is 28.7 Å². The van der Waals surface area contributed by atoms with Crippen LogP contribution in [-0.4, -0.2) is 76.5 Å². The zero-order valence-electron chi connectivity index (χ0n) is 40.5. The van der Waals surface area contributed by atoms with E-state index in [0.717, 1.165) is 17.8 Å². The highest BCUT2D eigenvalue weighted by molar-refractivity contribution is 7.87. The first kappa shape index (κ1) is 55.8. The van der Waals surface area contributed by atoms with Crippen molar-refractivity contribution in [1.29, 1.82) is 0 Å². The monoisotopic (exact) mass is 1120 g/mol. The fourth-order valence-electron chi connectivity index (χ4n) is 7.14. The lowest BCUT2D eigenvalue weighted by Crippen LogP contribution is -2.08. The van der Waals surface area contributed by atoms with Crippen LogP contribution in [0.3, 0.4) is 0 Å². The van der Waals surface area contributed by atoms with E-state index in [0.29, 0.717) is 67.9 Å². The van der Waals surface area contributed by atoms with Gasteiger partial charge in [-0.3, -0.25) is 18.2 Å². The van der Waals surface area contributed by atoms with E-state index in [2.05, 4.69) is 46.2 Å². The highest BCUT2D eigenvalue weighted by Crippen LogP contribution is 2.44. The van der Waals surface area contributed by atoms with Crippen LogP contribution in [0.15, 0.2) is 165 Å². The fraction of sp³-hybridized carbons (Fsp3) is 0.167. The standard InChI is InChI=1S/C48H45N9O15S4/c1-27-19-34(10-15-38(27)51-56-43-22-30(4)42(26-44(43)72-17-6-18-73(59,60)61)54-52-39-16-13-36(74(62,63)64)25-45(39)75(65,66)67)50-53-40-20-29(3)41(21-28(40)2)55-57-47-46(76(68,69)70)24-31-23-33(9-14-37(31)48(47)58)49-32-7-11-35(71-5)12-8-32/h7-16,19-26,49,58H,6,17-18H2,1-5H3,(H,59,60,61)(H,62,63,64)(H,65,66,67)(H,68,69,70). The highest BCUT2D eigenvalue weighted by atomic mass is 32.2. The third-order valence-electron chi connectivity index (χ3n) is 11.1. The lowest BCUT2D eigenvalue weighted by Gasteiger charge is -2.12. The summed E-state index contributed by atoms with van der Waals surface area (Å²) in [5.74, 6) is -0.456. The van der Waals surface area contributed by atoms with Crippen LogP contribution in [0.2, 0.25) is 0 Å². The minimum absolute atomic E-state index is 0.0140. The largest absolute Gasteiger partial charge is 0.505 e. The molecule has 396 valence electrons. The van der Waals surface area contributed by atoms with Gasteiger partial charge in [-0.15, -0.1) is 15.3 Å². The van der Waals surface area contributed by atoms with Gasteiger partial charge in [0.05, 0.1) is 52.8 Å². The molecule has 0 aliphatic carbocycles. The summed E-state index contributed by atoms with van der Waals surface area (Å²) in [6.45, 7) is 6.56. The maximum atomic E-state index is 12.6. The van der Waals surface area contributed by atoms with Crippen LogP contribution in [0.25, 0.3) is 10.8 Å². The summed E-state index contributed by atoms with van der Waals surface area (Å²) >= 11 is 0. The van der Waals surface area contributed by atoms with Crippen molar-refractivity contribution >= 4 is 108 Å². The number of anilines is 2. The van der Waals surface area contributed by atoms with Crippen LogP contribution >= 0.6 is 0 Å². The van der Waals surface area contributed by atoms with Crippen molar-refractivity contribution in [2.45, 2.75) is 48.8 Å². The SMILES string of the molecule is COc1ccc(Nc2ccc3c(O)c(N=Nc4cc(C)c(N=Nc5ccc(N=Nc6cc(C)c(N=Nc7ccc(S(=O)(=O)O)cc7S(=O)(=O)O)cc6OCCCS(=O)(=O)O)c(C)c5)cc4C)c(S(=O)(=O)O)cc3c2)cc1. The Balaban J connectivity index is 1.10. The summed E-state index contributed by atoms with van der Waals surface area (Å²) < 4.78 is 145. The molecule has 28 heteroatoms. The molecule has 0 bridgehead atoms. The summed E-state index contributed by atoms with van der Waals surface area (Å²) in [6, 6.07) is 26.5. The number of phenols is 1. The molecule has 7 aromatic carbocycles. The Morgan fingerprint density at radius 1 is 0.500 bits per heavy atom. The van der Waals surface area contributed by atoms with E-state index in [1.165, 1.54) is 18.2 Å². The van der Waals surface area contributed by atoms with E-state index >= 15 is 0 Å². The van der Waals surface area contributed by atoms with E-state index in [4.69, 9.17) is 9.47 Å². The number of aromatic hydroxyl groups is 1. The third kappa shape index (κ3) is 14.0. The number of nitrogens with zero attached hydrogens (tertiary/aromatic N) is 8. The summed E-state index contributed by atoms with van der Waals surface area (Å²) in [7, 11) is -17.6. The van der Waals surface area contributed by atoms with Crippen molar-refractivity contribution in [1.82, 2.24) is 0 Å². The van der Waals surface area contributed by atoms with Crippen LogP contribution in [0, 0.1) is 27.7 Å². The van der Waals surface area contributed by atoms with Gasteiger partial charge >= 0.3 is 0 Å². The Kier molecular flexibility index (Phi) is 16.5. The molecule has 7 aromatic rings. The Morgan fingerprint density at radius 2 is 1.04 bits per heavy atom. The Labute approximate surface area is 435 Å². The molecule has 6 N–H and O–H groups in total. The highest BCUT2D eigenvalue weighted by Gasteiger charge is 2.24. The van der Waals surface area contributed by atoms with Gasteiger partial charge in [-0.2, -0.15) is 59.2 Å². The number of aryl methyl sites for hydroxylation is 4. The summed E-state index contributed by atoms with van der Waals surface area (Å²) in [5.41, 5.74) is 4.33. The molecular formula is C48H45N9O15S4. The first-order valence-electron chi connectivity index (χ1n) is 22.1. The number of azo groups is 4. The van der Waals surface area contributed by atoms with Gasteiger partial charge in [0.15, 0.2) is 5.75 Å². The van der Waals surface area contributed by atoms with Gasteiger partial charge in [-0.1, -0.05) is 0 Å². The van der Waals surface area contributed by atoms with E-state index in [1.807, 2.05) is 0 Å². The van der Waals surface area contributed by atoms with Crippen molar-refractivity contribution < 1.29 is 66.5 Å². The fourth-order valence-corrected chi connectivity index (χ4v) is 9.51. The average Bonchev–Trinajstić information content (AvgIpc) is 3.34. The van der Waals surface area contributed by atoms with Crippen molar-refractivity contribution in [3.63, 3.8) is 0 Å². The number of fused-ring (bicyclic) bond motifs is 1. The number of nitrogens with one attached hydrogen (secondary N) is 1. The Bertz CT molecular complexity index is 4020. The van der Waals surface area contributed by atoms with Gasteiger partial charge in [-0.25, -0.2) is 0 Å². The van der Waals surface area contributed by atoms with Crippen LogP contribution in [0.4, 0.5) is 56.9 Å². The zero-order chi connectivity index (χ0) is 55.3. The first-order valence-corrected chi connectivity index (χ1v) is 28.0. The van der Waals surface area contributed by atoms with Crippen molar-refractivity contribution in [3.05, 3.63) is 131 Å². The van der Waals surface area contributed by atoms with Crippen LogP contribution in [-0.2, 0) is 40.5 Å². The molecule has 0 radical (unpaired) electrons. The van der Waals surface area contributed by atoms with Gasteiger partial charge in [0, 0.05) is 22.8 Å². The normalized spacial score (nSPS) is 12.7. The molecule has 0 spiro atoms. The average molecular weight is 1120 g/mol. The van der Waals surface area contributed by atoms with Gasteiger partial charge < -0.3 is 19.9 Å². The van der Waals surface area contributed by atoms with Crippen molar-refractivity contribution in [2.75, 3.05) is 24.8 Å². The van der Waals surface area contributed by atoms with Gasteiger partial charge in [-0.05, 0) is 165 Å². The Morgan fingerprint density at radius 3 is 1.64 bits per heavy atom. The molecule has 76 heavy (non-hydrogen) atoms. The predicted molar refractivity (Wildman–Crippen MR) is 279 cm³/mol. The molecule has 0 unspecified atom stereocenters. The smallest absolute Gasteiger partial charge is 0.296 e. The summed E-state index contributed by atoms with van der Waals surface area (Å²) in [5, 5.41) is 48.8. The van der Waals surface area contributed by atoms with Gasteiger partial charge in [0.25, 0.3) is 40.5 Å². The third-order valence-corrected chi connectivity index (χ3v) is 14.5. The van der Waals surface area contributed by atoms with Crippen LogP contribution in [0.5, 0.6) is 17.2 Å². The number of methoxy groups -OCH3 is 1. The Hall–Kier alpha value is -7.96. The number of hydrogen-bond donors (Lipinski definition) is 6. The quantitative estimate of drug-likeness (QED) is 0.0249. The maximum absolute atomic E-state index is 12.6. The van der Waals surface area contributed by atoms with Crippen molar-refractivity contribution in [3.8, 4) is 17.2 Å². The molecule has 0 aromatic heterocycles. The molecule has 24 nitrogen and oxygen atoms in total. The number of rotatable bonds is 19. The van der Waals surface area contributed by atoms with E-state index < -0.39 is 78.0 Å². The van der Waals surface area contributed by atoms with Gasteiger partial charge in [0.2, 0.25) is 0 Å². The topological polar surface area (TPSA) is 367 Å². The van der Waals surface area contributed by atoms with Crippen molar-refractivity contribution in [2.24, 2.45) is 40.9 Å². The molecule has 0 atom stereocenters. The molecule has 0 saturated carbocycles. The predicted octanol–water partition coefficient (Wildman–Crippen LogP) is 12.6. The number of benzene rings is 7.